The summed E-state index contributed by atoms with van der Waals surface area (Å²) in [5.41, 5.74) is 17.7. The van der Waals surface area contributed by atoms with E-state index in [2.05, 4.69) is 34.9 Å². The van der Waals surface area contributed by atoms with Gasteiger partial charge in [-0.3, -0.25) is 0 Å². The van der Waals surface area contributed by atoms with Crippen LogP contribution in [0.15, 0.2) is 157 Å². The number of nitriles is 4. The highest BCUT2D eigenvalue weighted by atomic mass is 16.3. The molecule has 690 valence electrons. The zero-order chi connectivity index (χ0) is 116. The van der Waals surface area contributed by atoms with E-state index in [1.807, 2.05) is 153 Å². The Bertz CT molecular complexity index is 8750. The van der Waals surface area contributed by atoms with Crippen LogP contribution in [0.5, 0.6) is 0 Å². The second kappa shape index (κ2) is 38.4. The molecule has 8 aromatic carbocycles. The van der Waals surface area contributed by atoms with Gasteiger partial charge in [0, 0.05) is 143 Å². The van der Waals surface area contributed by atoms with Crippen LogP contribution < -0.4 is 18.3 Å². The Balaban J connectivity index is 0.000000142. The predicted octanol–water partition coefficient (Wildman–Crippen LogP) is 31.4. The lowest BCUT2D eigenvalue weighted by atomic mass is 9.82. The first kappa shape index (κ1) is 69.4. The van der Waals surface area contributed by atoms with Crippen molar-refractivity contribution < 1.29 is 67.5 Å². The fourth-order valence-corrected chi connectivity index (χ4v) is 20.9. The maximum Gasteiger partial charge on any atom is 0.216 e. The number of rotatable bonds is 11. The molecule has 0 radical (unpaired) electrons. The van der Waals surface area contributed by atoms with E-state index < -0.39 is 91.2 Å². The van der Waals surface area contributed by atoms with Gasteiger partial charge < -0.3 is 17.7 Å². The average molecular weight is 1820 g/mol. The van der Waals surface area contributed by atoms with E-state index >= 15 is 0 Å². The number of hydrogen-bond donors (Lipinski definition) is 0. The van der Waals surface area contributed by atoms with E-state index in [4.69, 9.17) is 43.7 Å². The van der Waals surface area contributed by atoms with Crippen molar-refractivity contribution in [3.8, 4) is 69.3 Å². The topological polar surface area (TPSA) is 163 Å². The lowest BCUT2D eigenvalue weighted by molar-refractivity contribution is -0.667. The molecule has 0 N–H and O–H groups in total. The Morgan fingerprint density at radius 1 is 0.356 bits per heavy atom. The van der Waals surface area contributed by atoms with Crippen molar-refractivity contribution in [3.63, 3.8) is 0 Å². The Hall–Kier alpha value is -12.5. The molecule has 135 heavy (non-hydrogen) atoms. The van der Waals surface area contributed by atoms with Crippen LogP contribution in [0.2, 0.25) is 0 Å². The summed E-state index contributed by atoms with van der Waals surface area (Å²) < 4.78 is 232. The molecule has 8 aromatic heterocycles. The van der Waals surface area contributed by atoms with Gasteiger partial charge in [0.2, 0.25) is 22.8 Å². The fourth-order valence-electron chi connectivity index (χ4n) is 20.9. The van der Waals surface area contributed by atoms with Crippen LogP contribution in [0.3, 0.4) is 0 Å². The van der Waals surface area contributed by atoms with Crippen LogP contribution >= 0.6 is 0 Å². The van der Waals surface area contributed by atoms with Gasteiger partial charge in [0.15, 0.2) is 45.1 Å². The van der Waals surface area contributed by atoms with E-state index in [1.54, 1.807) is 84.8 Å². The molecule has 4 saturated carbocycles. The smallest absolute Gasteiger partial charge is 0.216 e. The number of aromatic nitrogens is 4. The van der Waals surface area contributed by atoms with Crippen LogP contribution in [-0.4, -0.2) is 0 Å². The summed E-state index contributed by atoms with van der Waals surface area (Å²) in [5.74, 6) is -6.53. The van der Waals surface area contributed by atoms with Gasteiger partial charge in [0.05, 0.1) is 51.4 Å². The van der Waals surface area contributed by atoms with Gasteiger partial charge >= 0.3 is 0 Å². The van der Waals surface area contributed by atoms with Crippen molar-refractivity contribution >= 4 is 87.8 Å². The summed E-state index contributed by atoms with van der Waals surface area (Å²) in [6.07, 6.45) is 14.3. The Labute approximate surface area is 832 Å². The Morgan fingerprint density at radius 2 is 0.652 bits per heavy atom. The molecule has 12 heteroatoms. The summed E-state index contributed by atoms with van der Waals surface area (Å²) in [7, 11) is 7.16. The molecule has 0 atom stereocenters. The zero-order valence-corrected chi connectivity index (χ0v) is 81.7. The van der Waals surface area contributed by atoms with Crippen LogP contribution in [0, 0.1) is 125 Å². The van der Waals surface area contributed by atoms with Gasteiger partial charge in [0.25, 0.3) is 0 Å². The van der Waals surface area contributed by atoms with Gasteiger partial charge in [-0.05, 0) is 213 Å². The van der Waals surface area contributed by atoms with Crippen molar-refractivity contribution in [1.82, 2.24) is 0 Å². The molecular formula is C123H138N8O4+4. The van der Waals surface area contributed by atoms with E-state index in [0.29, 0.717) is 165 Å². The number of hydrogen-bond acceptors (Lipinski definition) is 8. The standard InChI is InChI=1S/2C32H37N2O.C30H33N2O.C29H31N2O/c2*1-20-12-13-26-25-15-14-24(23-10-8-7-9-11-23)27(19-33)30(25)35-31(26)29(20)28-17-22(18-32(3,4)5)16-21(2)34(28)6;1-18(2)22-15-20(4)32(5)27(16-22)28-19(3)11-12-25-24-14-13-23(21-9-7-6-8-10-21)26(17-31)29(24)33-30(25)28;1-17-11-12-24-23-14-13-22(21-9-7-6-8-10-21)25(16-30)28(23)32-29(24)27(17)26-15-18(2)19(3)20(4)31(26)5/h2*12-17,23H,7-11,18H2,1-6H3;11-16,18,21H,6-10H2,1-5H3;11-15,21H,6-10H2,1-5H3/q4*+1/i16D,17D,18D2,23D;18D2,23D;1D3,2D3,15D,16D,18D,21D;3D3,15D,21D. The molecule has 4 aliphatic rings. The molecule has 4 aliphatic carbocycles. The third-order valence-electron chi connectivity index (χ3n) is 28.3. The lowest BCUT2D eigenvalue weighted by Crippen LogP contribution is -2.36. The minimum atomic E-state index is -3.38. The van der Waals surface area contributed by atoms with Crippen LogP contribution in [0.25, 0.3) is 133 Å². The lowest BCUT2D eigenvalue weighted by Gasteiger charge is -2.22. The average Bonchev–Trinajstić information content (AvgIpc) is 1.15. The summed E-state index contributed by atoms with van der Waals surface area (Å²) in [6.45, 7) is 18.5. The highest BCUT2D eigenvalue weighted by Gasteiger charge is 2.35. The van der Waals surface area contributed by atoms with Gasteiger partial charge in [-0.1, -0.05) is 229 Å². The number of nitrogens with zero attached hydrogens (tertiary/aromatic N) is 8. The SMILES string of the molecule is [2H]C1(c2ccc3c(oc4c(-c5cc(C([2H])([2H])C(C)(C)C)cc(C)[n+]5C)c(C)ccc43)c2C#N)CCCCC1.[2H]c1c(C([2H])(C([2H])([2H])[2H])C([2H])([2H])[2H])c([2H])c(-c2c(C)ccc3c2oc2c(C#N)c(C4([2H])CCCCC4)ccc23)[n+](C)c1C.[2H]c1c(C([2H])([2H])C(C)(C)C)c([2H])c(-c2c(C)ccc3c2oc2c(C#N)c(C4([2H])CCCCC4)ccc23)[n+](C)c1C.[2H]c1c(C)c(C([2H])([2H])[2H])c(C)[n+](C)c1-c1c(C)ccc2c1oc1c(C#N)c(C3([2H])CCCCC3)ccc12. The van der Waals surface area contributed by atoms with Crippen molar-refractivity contribution in [2.24, 2.45) is 39.0 Å². The van der Waals surface area contributed by atoms with Crippen molar-refractivity contribution in [2.75, 3.05) is 0 Å². The maximum atomic E-state index is 10.3. The normalized spacial score (nSPS) is 19.0. The molecule has 0 amide bonds. The van der Waals surface area contributed by atoms with Crippen molar-refractivity contribution in [1.29, 1.82) is 21.0 Å². The first-order chi connectivity index (χ1) is 73.8. The quantitative estimate of drug-likeness (QED) is 0.116. The van der Waals surface area contributed by atoms with Gasteiger partial charge in [-0.25, -0.2) is 0 Å². The number of furan rings is 4. The number of pyridine rings is 4. The second-order valence-electron chi connectivity index (χ2n) is 39.8. The maximum absolute atomic E-state index is 10.3. The molecule has 0 spiro atoms. The molecule has 0 bridgehead atoms. The Kier molecular flexibility index (Phi) is 19.7. The fraction of sp³-hybridized carbons (Fsp3) is 0.415. The van der Waals surface area contributed by atoms with E-state index in [-0.39, 0.29) is 46.2 Å². The van der Waals surface area contributed by atoms with Crippen LogP contribution in [0.1, 0.15) is 362 Å². The molecule has 16 aromatic rings. The van der Waals surface area contributed by atoms with E-state index in [1.165, 1.54) is 11.5 Å². The first-order valence-electron chi connectivity index (χ1n) is 59.4. The van der Waals surface area contributed by atoms with Gasteiger partial charge in [-0.15, -0.1) is 0 Å². The molecule has 0 aliphatic heterocycles. The number of aryl methyl sites for hydroxylation is 5. The highest BCUT2D eigenvalue weighted by Crippen LogP contribution is 2.50. The van der Waals surface area contributed by atoms with Crippen LogP contribution in [0.4, 0.5) is 0 Å². The van der Waals surface area contributed by atoms with E-state index in [9.17, 15) is 26.5 Å². The monoisotopic (exact) mass is 1810 g/mol. The summed E-state index contributed by atoms with van der Waals surface area (Å²) >= 11 is 0. The second-order valence-corrected chi connectivity index (χ2v) is 39.8. The minimum absolute atomic E-state index is 0.0234. The summed E-state index contributed by atoms with van der Waals surface area (Å²) in [6, 6.07) is 43.3. The van der Waals surface area contributed by atoms with Gasteiger partial charge in [0.1, 0.15) is 74.8 Å². The predicted molar refractivity (Wildman–Crippen MR) is 551 cm³/mol. The zero-order valence-electron chi connectivity index (χ0n) is 105. The third-order valence-corrected chi connectivity index (χ3v) is 28.3. The molecule has 8 heterocycles. The molecule has 0 saturated heterocycles. The molecular weight excluding hydrogens is 1650 g/mol. The molecule has 20 rings (SSSR count). The van der Waals surface area contributed by atoms with Crippen LogP contribution in [-0.2, 0) is 40.9 Å². The minimum Gasteiger partial charge on any atom is -0.454 e. The summed E-state index contributed by atoms with van der Waals surface area (Å²) in [5, 5.41) is 47.3. The molecule has 4 fully saturated rings. The summed E-state index contributed by atoms with van der Waals surface area (Å²) in [4.78, 5) is 0. The largest absolute Gasteiger partial charge is 0.454 e. The van der Waals surface area contributed by atoms with E-state index in [0.717, 1.165) is 180 Å². The molecule has 0 unspecified atom stereocenters. The van der Waals surface area contributed by atoms with Crippen molar-refractivity contribution in [3.05, 3.63) is 257 Å². The van der Waals surface area contributed by atoms with Crippen molar-refractivity contribution in [2.45, 2.75) is 295 Å². The highest BCUT2D eigenvalue weighted by molar-refractivity contribution is 6.15. The first-order valence-corrected chi connectivity index (χ1v) is 47.9. The number of fused-ring (bicyclic) bond motifs is 12. The van der Waals surface area contributed by atoms with Gasteiger partial charge in [-0.2, -0.15) is 39.3 Å². The number of benzene rings is 8. The molecule has 12 nitrogen and oxygen atoms in total. The third kappa shape index (κ3) is 18.1. The Morgan fingerprint density at radius 3 is 0.978 bits per heavy atom.